The second kappa shape index (κ2) is 6.31. The van der Waals surface area contributed by atoms with Crippen molar-refractivity contribution in [3.05, 3.63) is 52.0 Å². The molecular formula is C14H15NO2S. The van der Waals surface area contributed by atoms with E-state index in [1.807, 2.05) is 23.6 Å². The Bertz CT molecular complexity index is 508. The number of benzene rings is 1. The number of carbonyl (C=O) groups excluding carboxylic acids is 1. The summed E-state index contributed by atoms with van der Waals surface area (Å²) in [5.41, 5.74) is 2.22. The van der Waals surface area contributed by atoms with Crippen LogP contribution in [0.15, 0.2) is 35.7 Å². The maximum absolute atomic E-state index is 11.0. The second-order valence-corrected chi connectivity index (χ2v) is 4.91. The summed E-state index contributed by atoms with van der Waals surface area (Å²) >= 11 is 1.64. The van der Waals surface area contributed by atoms with Gasteiger partial charge < -0.3 is 4.74 Å². The molecule has 0 aliphatic rings. The second-order valence-electron chi connectivity index (χ2n) is 3.97. The van der Waals surface area contributed by atoms with Crippen LogP contribution in [-0.2, 0) is 22.4 Å². The molecule has 0 spiro atoms. The zero-order valence-corrected chi connectivity index (χ0v) is 11.1. The van der Waals surface area contributed by atoms with Crippen LogP contribution in [-0.4, -0.2) is 18.1 Å². The zero-order valence-electron chi connectivity index (χ0n) is 10.3. The van der Waals surface area contributed by atoms with Crippen LogP contribution in [0.1, 0.15) is 22.7 Å². The maximum atomic E-state index is 11.0. The van der Waals surface area contributed by atoms with E-state index in [4.69, 9.17) is 0 Å². The Labute approximate surface area is 110 Å². The van der Waals surface area contributed by atoms with Gasteiger partial charge in [-0.3, -0.25) is 4.79 Å². The largest absolute Gasteiger partial charge is 0.469 e. The normalized spacial score (nSPS) is 10.3. The summed E-state index contributed by atoms with van der Waals surface area (Å²) in [7, 11) is 1.41. The van der Waals surface area contributed by atoms with Gasteiger partial charge in [0.05, 0.1) is 24.2 Å². The lowest BCUT2D eigenvalue weighted by atomic mass is 10.2. The molecule has 0 N–H and O–H groups in total. The number of ether oxygens (including phenoxy) is 1. The van der Waals surface area contributed by atoms with Gasteiger partial charge in [0.25, 0.3) is 0 Å². The van der Waals surface area contributed by atoms with Crippen LogP contribution in [0.25, 0.3) is 0 Å². The minimum absolute atomic E-state index is 0.187. The van der Waals surface area contributed by atoms with Gasteiger partial charge in [-0.05, 0) is 5.56 Å². The standard InChI is InChI=1S/C14H15NO2S/c1-17-14(16)8-7-12-10-18-13(15-12)9-11-5-3-2-4-6-11/h2-6,10H,7-9H2,1H3. The molecule has 0 bridgehead atoms. The molecule has 0 saturated carbocycles. The molecule has 0 saturated heterocycles. The van der Waals surface area contributed by atoms with Crippen LogP contribution in [0.4, 0.5) is 0 Å². The van der Waals surface area contributed by atoms with Gasteiger partial charge in [-0.15, -0.1) is 11.3 Å². The molecule has 3 nitrogen and oxygen atoms in total. The monoisotopic (exact) mass is 261 g/mol. The van der Waals surface area contributed by atoms with E-state index in [0.29, 0.717) is 12.8 Å². The van der Waals surface area contributed by atoms with Crippen molar-refractivity contribution < 1.29 is 9.53 Å². The van der Waals surface area contributed by atoms with Gasteiger partial charge in [-0.2, -0.15) is 0 Å². The summed E-state index contributed by atoms with van der Waals surface area (Å²) in [6, 6.07) is 10.3. The first-order valence-corrected chi connectivity index (χ1v) is 6.70. The van der Waals surface area contributed by atoms with E-state index < -0.39 is 0 Å². The number of aryl methyl sites for hydroxylation is 1. The predicted octanol–water partition coefficient (Wildman–Crippen LogP) is 2.84. The Morgan fingerprint density at radius 3 is 2.83 bits per heavy atom. The Hall–Kier alpha value is -1.68. The van der Waals surface area contributed by atoms with E-state index in [1.165, 1.54) is 12.7 Å². The molecule has 1 aromatic carbocycles. The van der Waals surface area contributed by atoms with Gasteiger partial charge in [0, 0.05) is 18.2 Å². The Kier molecular flexibility index (Phi) is 4.47. The Morgan fingerprint density at radius 2 is 2.11 bits per heavy atom. The lowest BCUT2D eigenvalue weighted by molar-refractivity contribution is -0.140. The van der Waals surface area contributed by atoms with Crippen molar-refractivity contribution in [2.24, 2.45) is 0 Å². The lowest BCUT2D eigenvalue weighted by Gasteiger charge is -1.97. The van der Waals surface area contributed by atoms with Crippen molar-refractivity contribution in [2.45, 2.75) is 19.3 Å². The zero-order chi connectivity index (χ0) is 12.8. The summed E-state index contributed by atoms with van der Waals surface area (Å²) in [6.45, 7) is 0. The van der Waals surface area contributed by atoms with Crippen LogP contribution in [0.5, 0.6) is 0 Å². The van der Waals surface area contributed by atoms with Gasteiger partial charge in [-0.25, -0.2) is 4.98 Å². The molecule has 0 amide bonds. The van der Waals surface area contributed by atoms with Crippen molar-refractivity contribution in [3.63, 3.8) is 0 Å². The van der Waals surface area contributed by atoms with E-state index in [9.17, 15) is 4.79 Å². The smallest absolute Gasteiger partial charge is 0.305 e. The number of rotatable bonds is 5. The Morgan fingerprint density at radius 1 is 1.33 bits per heavy atom. The average molecular weight is 261 g/mol. The number of hydrogen-bond donors (Lipinski definition) is 0. The number of carbonyl (C=O) groups is 1. The molecule has 0 aliphatic heterocycles. The molecule has 2 aromatic rings. The highest BCUT2D eigenvalue weighted by molar-refractivity contribution is 7.09. The predicted molar refractivity (Wildman–Crippen MR) is 71.7 cm³/mol. The number of hydrogen-bond acceptors (Lipinski definition) is 4. The minimum Gasteiger partial charge on any atom is -0.469 e. The fourth-order valence-electron chi connectivity index (χ4n) is 1.65. The van der Waals surface area contributed by atoms with E-state index in [2.05, 4.69) is 21.9 Å². The average Bonchev–Trinajstić information content (AvgIpc) is 2.85. The maximum Gasteiger partial charge on any atom is 0.305 e. The highest BCUT2D eigenvalue weighted by atomic mass is 32.1. The third-order valence-corrected chi connectivity index (χ3v) is 3.51. The molecule has 0 fully saturated rings. The topological polar surface area (TPSA) is 39.2 Å². The molecule has 94 valence electrons. The molecule has 18 heavy (non-hydrogen) atoms. The molecule has 0 radical (unpaired) electrons. The quantitative estimate of drug-likeness (QED) is 0.777. The van der Waals surface area contributed by atoms with Crippen molar-refractivity contribution >= 4 is 17.3 Å². The number of esters is 1. The van der Waals surface area contributed by atoms with Crippen LogP contribution in [0, 0.1) is 0 Å². The highest BCUT2D eigenvalue weighted by Crippen LogP contribution is 2.15. The van der Waals surface area contributed by atoms with Crippen molar-refractivity contribution in [2.75, 3.05) is 7.11 Å². The minimum atomic E-state index is -0.187. The van der Waals surface area contributed by atoms with Gasteiger partial charge in [0.15, 0.2) is 0 Å². The van der Waals surface area contributed by atoms with Crippen molar-refractivity contribution in [1.82, 2.24) is 4.98 Å². The summed E-state index contributed by atoms with van der Waals surface area (Å²) < 4.78 is 4.61. The van der Waals surface area contributed by atoms with Crippen molar-refractivity contribution in [3.8, 4) is 0 Å². The highest BCUT2D eigenvalue weighted by Gasteiger charge is 2.06. The SMILES string of the molecule is COC(=O)CCc1csc(Cc2ccccc2)n1. The summed E-state index contributed by atoms with van der Waals surface area (Å²) in [4.78, 5) is 15.6. The van der Waals surface area contributed by atoms with Gasteiger partial charge >= 0.3 is 5.97 Å². The van der Waals surface area contributed by atoms with E-state index in [-0.39, 0.29) is 5.97 Å². The van der Waals surface area contributed by atoms with Gasteiger partial charge in [0.2, 0.25) is 0 Å². The third kappa shape index (κ3) is 3.67. The first-order valence-electron chi connectivity index (χ1n) is 5.82. The number of nitrogens with zero attached hydrogens (tertiary/aromatic N) is 1. The number of methoxy groups -OCH3 is 1. The first-order chi connectivity index (χ1) is 8.78. The van der Waals surface area contributed by atoms with Crippen molar-refractivity contribution in [1.29, 1.82) is 0 Å². The van der Waals surface area contributed by atoms with Gasteiger partial charge in [-0.1, -0.05) is 30.3 Å². The van der Waals surface area contributed by atoms with Gasteiger partial charge in [0.1, 0.15) is 0 Å². The van der Waals surface area contributed by atoms with Crippen LogP contribution >= 0.6 is 11.3 Å². The molecule has 0 atom stereocenters. The number of thiazole rings is 1. The summed E-state index contributed by atoms with van der Waals surface area (Å²) in [5, 5.41) is 3.10. The molecular weight excluding hydrogens is 246 g/mol. The Balaban J connectivity index is 1.92. The molecule has 1 heterocycles. The van der Waals surface area contributed by atoms with Crippen LogP contribution in [0.2, 0.25) is 0 Å². The molecule has 1 aromatic heterocycles. The molecule has 0 aliphatic carbocycles. The molecule has 2 rings (SSSR count). The lowest BCUT2D eigenvalue weighted by Crippen LogP contribution is -2.02. The molecule has 0 unspecified atom stereocenters. The first kappa shape index (κ1) is 12.8. The molecule has 4 heteroatoms. The third-order valence-electron chi connectivity index (χ3n) is 2.61. The van der Waals surface area contributed by atoms with Crippen LogP contribution < -0.4 is 0 Å². The number of aromatic nitrogens is 1. The summed E-state index contributed by atoms with van der Waals surface area (Å²) in [6.07, 6.45) is 1.90. The summed E-state index contributed by atoms with van der Waals surface area (Å²) in [5.74, 6) is -0.187. The van der Waals surface area contributed by atoms with E-state index >= 15 is 0 Å². The van der Waals surface area contributed by atoms with Crippen LogP contribution in [0.3, 0.4) is 0 Å². The fraction of sp³-hybridized carbons (Fsp3) is 0.286. The van der Waals surface area contributed by atoms with E-state index in [1.54, 1.807) is 11.3 Å². The fourth-order valence-corrected chi connectivity index (χ4v) is 2.51. The van der Waals surface area contributed by atoms with E-state index in [0.717, 1.165) is 17.1 Å².